The molecule has 0 aliphatic carbocycles. The molecule has 112 valence electrons. The van der Waals surface area contributed by atoms with Crippen molar-refractivity contribution in [3.63, 3.8) is 0 Å². The number of rotatable bonds is 7. The highest BCUT2D eigenvalue weighted by Crippen LogP contribution is 2.30. The smallest absolute Gasteiger partial charge is 0.191 e. The first-order valence-corrected chi connectivity index (χ1v) is 8.75. The summed E-state index contributed by atoms with van der Waals surface area (Å²) in [6.07, 6.45) is 3.91. The second-order valence-corrected chi connectivity index (χ2v) is 6.20. The highest BCUT2D eigenvalue weighted by Gasteiger charge is 2.09. The fourth-order valence-corrected chi connectivity index (χ4v) is 3.41. The molecule has 0 unspecified atom stereocenters. The van der Waals surface area contributed by atoms with Gasteiger partial charge in [-0.05, 0) is 30.9 Å². The van der Waals surface area contributed by atoms with E-state index < -0.39 is 0 Å². The van der Waals surface area contributed by atoms with Gasteiger partial charge in [0.2, 0.25) is 0 Å². The fourth-order valence-electron chi connectivity index (χ4n) is 1.93. The van der Waals surface area contributed by atoms with E-state index in [-0.39, 0.29) is 0 Å². The normalized spacial score (nSPS) is 10.6. The van der Waals surface area contributed by atoms with Gasteiger partial charge in [-0.3, -0.25) is 0 Å². The number of methoxy groups -OCH3 is 1. The Morgan fingerprint density at radius 3 is 2.86 bits per heavy atom. The van der Waals surface area contributed by atoms with Crippen molar-refractivity contribution in [3.05, 3.63) is 42.2 Å². The minimum atomic E-state index is 0.732. The summed E-state index contributed by atoms with van der Waals surface area (Å²) in [5.41, 5.74) is 1.21. The molecule has 0 bridgehead atoms. The van der Waals surface area contributed by atoms with Crippen molar-refractivity contribution in [2.45, 2.75) is 29.3 Å². The van der Waals surface area contributed by atoms with Gasteiger partial charge in [0.05, 0.1) is 7.11 Å². The highest BCUT2D eigenvalue weighted by atomic mass is 32.2. The van der Waals surface area contributed by atoms with Crippen LogP contribution in [-0.4, -0.2) is 28.1 Å². The van der Waals surface area contributed by atoms with E-state index in [0.29, 0.717) is 0 Å². The molecule has 21 heavy (non-hydrogen) atoms. The Balaban J connectivity index is 2.11. The maximum absolute atomic E-state index is 5.42. The predicted molar refractivity (Wildman–Crippen MR) is 89.3 cm³/mol. The average Bonchev–Trinajstić information content (AvgIpc) is 2.86. The van der Waals surface area contributed by atoms with Crippen molar-refractivity contribution in [2.24, 2.45) is 0 Å². The molecule has 0 amide bonds. The van der Waals surface area contributed by atoms with E-state index in [9.17, 15) is 0 Å². The monoisotopic (exact) mass is 321 g/mol. The zero-order valence-corrected chi connectivity index (χ0v) is 14.1. The summed E-state index contributed by atoms with van der Waals surface area (Å²) < 4.78 is 7.48. The first-order valence-electron chi connectivity index (χ1n) is 6.54. The lowest BCUT2D eigenvalue weighted by Crippen LogP contribution is -2.00. The third-order valence-electron chi connectivity index (χ3n) is 3.03. The number of ether oxygens (including phenoxy) is 1. The van der Waals surface area contributed by atoms with E-state index in [1.807, 2.05) is 19.3 Å². The van der Waals surface area contributed by atoms with Crippen LogP contribution in [0.4, 0.5) is 0 Å². The number of allylic oxidation sites excluding steroid dienone is 1. The third kappa shape index (κ3) is 3.83. The second kappa shape index (κ2) is 7.56. The van der Waals surface area contributed by atoms with Gasteiger partial charge in [0.1, 0.15) is 11.6 Å². The van der Waals surface area contributed by atoms with Gasteiger partial charge in [-0.25, -0.2) is 0 Å². The Bertz CT molecular complexity index is 625. The number of benzene rings is 1. The molecule has 1 heterocycles. The fraction of sp³-hybridized carbons (Fsp3) is 0.333. The van der Waals surface area contributed by atoms with Gasteiger partial charge >= 0.3 is 0 Å². The summed E-state index contributed by atoms with van der Waals surface area (Å²) in [5, 5.41) is 9.26. The molecule has 0 atom stereocenters. The molecule has 0 aliphatic rings. The molecule has 0 saturated heterocycles. The minimum absolute atomic E-state index is 0.732. The maximum Gasteiger partial charge on any atom is 0.191 e. The van der Waals surface area contributed by atoms with Crippen LogP contribution < -0.4 is 4.74 Å². The number of hydrogen-bond donors (Lipinski definition) is 0. The highest BCUT2D eigenvalue weighted by molar-refractivity contribution is 7.98. The molecule has 0 radical (unpaired) electrons. The summed E-state index contributed by atoms with van der Waals surface area (Å²) >= 11 is 3.36. The molecule has 2 rings (SSSR count). The molecule has 4 nitrogen and oxygen atoms in total. The Hall–Kier alpha value is -1.40. The zero-order chi connectivity index (χ0) is 15.2. The second-order valence-electron chi connectivity index (χ2n) is 4.41. The van der Waals surface area contributed by atoms with Gasteiger partial charge in [0.15, 0.2) is 5.16 Å². The molecule has 0 N–H and O–H groups in total. The van der Waals surface area contributed by atoms with Crippen LogP contribution in [0.15, 0.2) is 40.9 Å². The minimum Gasteiger partial charge on any atom is -0.496 e. The lowest BCUT2D eigenvalue weighted by Gasteiger charge is -2.09. The lowest BCUT2D eigenvalue weighted by atomic mass is 10.2. The molecule has 0 aliphatic heterocycles. The summed E-state index contributed by atoms with van der Waals surface area (Å²) in [5.74, 6) is 2.66. The van der Waals surface area contributed by atoms with E-state index in [2.05, 4.69) is 39.5 Å². The van der Waals surface area contributed by atoms with Crippen LogP contribution in [0.1, 0.15) is 11.4 Å². The van der Waals surface area contributed by atoms with Crippen LogP contribution >= 0.6 is 23.5 Å². The SMILES string of the molecule is C=CCn1c(C)nnc1SCc1ccc(SC)c(OC)c1. The quantitative estimate of drug-likeness (QED) is 0.573. The van der Waals surface area contributed by atoms with E-state index in [1.165, 1.54) is 5.56 Å². The molecule has 0 spiro atoms. The Morgan fingerprint density at radius 2 is 2.19 bits per heavy atom. The Labute approximate surface area is 134 Å². The van der Waals surface area contributed by atoms with Gasteiger partial charge in [-0.15, -0.1) is 28.5 Å². The van der Waals surface area contributed by atoms with Gasteiger partial charge in [-0.1, -0.05) is 23.9 Å². The molecule has 2 aromatic rings. The molecule has 6 heteroatoms. The maximum atomic E-state index is 5.42. The van der Waals surface area contributed by atoms with Crippen LogP contribution in [0, 0.1) is 6.92 Å². The number of nitrogens with zero attached hydrogens (tertiary/aromatic N) is 3. The predicted octanol–water partition coefficient (Wildman–Crippen LogP) is 3.80. The van der Waals surface area contributed by atoms with Gasteiger partial charge in [0, 0.05) is 17.2 Å². The van der Waals surface area contributed by atoms with Crippen LogP contribution in [0.25, 0.3) is 0 Å². The van der Waals surface area contributed by atoms with Crippen LogP contribution in [-0.2, 0) is 12.3 Å². The molecule has 0 fully saturated rings. The van der Waals surface area contributed by atoms with Crippen molar-refractivity contribution in [1.29, 1.82) is 0 Å². The van der Waals surface area contributed by atoms with Crippen molar-refractivity contribution in [1.82, 2.24) is 14.8 Å². The van der Waals surface area contributed by atoms with Gasteiger partial charge in [-0.2, -0.15) is 0 Å². The third-order valence-corrected chi connectivity index (χ3v) is 4.84. The van der Waals surface area contributed by atoms with E-state index in [1.54, 1.807) is 30.6 Å². The largest absolute Gasteiger partial charge is 0.496 e. The Morgan fingerprint density at radius 1 is 1.38 bits per heavy atom. The first-order chi connectivity index (χ1) is 10.2. The molecular formula is C15H19N3OS2. The number of hydrogen-bond acceptors (Lipinski definition) is 5. The number of thioether (sulfide) groups is 2. The Kier molecular flexibility index (Phi) is 5.76. The van der Waals surface area contributed by atoms with Gasteiger partial charge < -0.3 is 9.30 Å². The van der Waals surface area contributed by atoms with Crippen LogP contribution in [0.2, 0.25) is 0 Å². The van der Waals surface area contributed by atoms with Crippen molar-refractivity contribution < 1.29 is 4.74 Å². The number of aromatic nitrogens is 3. The molecule has 1 aromatic carbocycles. The topological polar surface area (TPSA) is 39.9 Å². The summed E-state index contributed by atoms with van der Waals surface area (Å²) in [7, 11) is 1.70. The summed E-state index contributed by atoms with van der Waals surface area (Å²) in [6, 6.07) is 6.31. The van der Waals surface area contributed by atoms with Crippen molar-refractivity contribution >= 4 is 23.5 Å². The average molecular weight is 321 g/mol. The molecule has 0 saturated carbocycles. The van der Waals surface area contributed by atoms with Crippen LogP contribution in [0.5, 0.6) is 5.75 Å². The molecular weight excluding hydrogens is 302 g/mol. The number of aryl methyl sites for hydroxylation is 1. The first kappa shape index (κ1) is 16.0. The standard InChI is InChI=1S/C15H19N3OS2/c1-5-8-18-11(2)16-17-15(18)21-10-12-6-7-14(20-4)13(9-12)19-3/h5-7,9H,1,8,10H2,2-4H3. The molecule has 1 aromatic heterocycles. The van der Waals surface area contributed by atoms with Crippen molar-refractivity contribution in [2.75, 3.05) is 13.4 Å². The zero-order valence-electron chi connectivity index (χ0n) is 12.5. The summed E-state index contributed by atoms with van der Waals surface area (Å²) in [4.78, 5) is 1.15. The van der Waals surface area contributed by atoms with Crippen LogP contribution in [0.3, 0.4) is 0 Å². The van der Waals surface area contributed by atoms with E-state index in [4.69, 9.17) is 4.74 Å². The lowest BCUT2D eigenvalue weighted by molar-refractivity contribution is 0.404. The van der Waals surface area contributed by atoms with E-state index >= 15 is 0 Å². The van der Waals surface area contributed by atoms with E-state index in [0.717, 1.165) is 33.9 Å². The summed E-state index contributed by atoms with van der Waals surface area (Å²) in [6.45, 7) is 6.46. The van der Waals surface area contributed by atoms with Gasteiger partial charge in [0.25, 0.3) is 0 Å². The van der Waals surface area contributed by atoms with Crippen molar-refractivity contribution in [3.8, 4) is 5.75 Å².